The van der Waals surface area contributed by atoms with E-state index in [0.717, 1.165) is 31.7 Å². The molecule has 0 aliphatic carbocycles. The van der Waals surface area contributed by atoms with Gasteiger partial charge in [0.05, 0.1) is 0 Å². The van der Waals surface area contributed by atoms with Crippen LogP contribution in [0.2, 0.25) is 0 Å². The minimum atomic E-state index is 0.367. The molecule has 1 heterocycles. The summed E-state index contributed by atoms with van der Waals surface area (Å²) in [6, 6.07) is 5.53. The highest BCUT2D eigenvalue weighted by Gasteiger charge is 2.06. The zero-order valence-corrected chi connectivity index (χ0v) is 9.27. The molecule has 0 N–H and O–H groups in total. The smallest absolute Gasteiger partial charge is 0.163 e. The van der Waals surface area contributed by atoms with Crippen LogP contribution in [-0.4, -0.2) is 23.3 Å². The Morgan fingerprint density at radius 2 is 1.87 bits per heavy atom. The molecule has 0 radical (unpaired) electrons. The first kappa shape index (κ1) is 11.4. The van der Waals surface area contributed by atoms with Crippen LogP contribution in [0.3, 0.4) is 0 Å². The van der Waals surface area contributed by atoms with Crippen LogP contribution in [0.1, 0.15) is 32.4 Å². The molecule has 1 aromatic heterocycles. The van der Waals surface area contributed by atoms with Gasteiger partial charge in [0.1, 0.15) is 6.07 Å². The fraction of sp³-hybridized carbons (Fsp3) is 0.545. The number of aromatic nitrogens is 2. The van der Waals surface area contributed by atoms with E-state index < -0.39 is 0 Å². The van der Waals surface area contributed by atoms with E-state index in [2.05, 4.69) is 28.9 Å². The molecule has 0 spiro atoms. The van der Waals surface area contributed by atoms with Gasteiger partial charge >= 0.3 is 0 Å². The number of hydrogen-bond acceptors (Lipinski definition) is 4. The summed E-state index contributed by atoms with van der Waals surface area (Å²) in [5.74, 6) is 0.859. The summed E-state index contributed by atoms with van der Waals surface area (Å²) in [7, 11) is 0. The highest BCUT2D eigenvalue weighted by molar-refractivity contribution is 5.38. The van der Waals surface area contributed by atoms with Crippen molar-refractivity contribution in [3.05, 3.63) is 17.8 Å². The molecule has 4 nitrogen and oxygen atoms in total. The van der Waals surface area contributed by atoms with Crippen molar-refractivity contribution in [3.63, 3.8) is 0 Å². The van der Waals surface area contributed by atoms with Crippen molar-refractivity contribution in [2.24, 2.45) is 0 Å². The Morgan fingerprint density at radius 3 is 2.27 bits per heavy atom. The molecule has 0 unspecified atom stereocenters. The minimum Gasteiger partial charge on any atom is -0.355 e. The van der Waals surface area contributed by atoms with E-state index in [0.29, 0.717) is 5.69 Å². The van der Waals surface area contributed by atoms with E-state index in [4.69, 9.17) is 5.26 Å². The highest BCUT2D eigenvalue weighted by Crippen LogP contribution is 2.10. The first-order chi connectivity index (χ1) is 7.31. The number of hydrogen-bond donors (Lipinski definition) is 0. The van der Waals surface area contributed by atoms with Crippen LogP contribution in [0.4, 0.5) is 5.82 Å². The molecular formula is C11H16N4. The Balaban J connectivity index is 2.77. The average molecular weight is 204 g/mol. The van der Waals surface area contributed by atoms with E-state index >= 15 is 0 Å². The van der Waals surface area contributed by atoms with Crippen LogP contribution < -0.4 is 4.90 Å². The van der Waals surface area contributed by atoms with E-state index in [9.17, 15) is 0 Å². The van der Waals surface area contributed by atoms with Gasteiger partial charge in [0.2, 0.25) is 0 Å². The average Bonchev–Trinajstić information content (AvgIpc) is 2.29. The predicted molar refractivity (Wildman–Crippen MR) is 59.5 cm³/mol. The van der Waals surface area contributed by atoms with E-state index in [1.165, 1.54) is 0 Å². The van der Waals surface area contributed by atoms with Crippen molar-refractivity contribution in [1.82, 2.24) is 10.2 Å². The molecule has 0 bridgehead atoms. The predicted octanol–water partition coefficient (Wildman–Crippen LogP) is 1.97. The lowest BCUT2D eigenvalue weighted by atomic mass is 10.3. The van der Waals surface area contributed by atoms with Gasteiger partial charge in [-0.15, -0.1) is 10.2 Å². The SMILES string of the molecule is CCCN(CCC)c1ccc(C#N)nn1. The molecule has 0 aliphatic heterocycles. The van der Waals surface area contributed by atoms with Gasteiger partial charge in [-0.1, -0.05) is 13.8 Å². The quantitative estimate of drug-likeness (QED) is 0.735. The van der Waals surface area contributed by atoms with Crippen LogP contribution in [0.5, 0.6) is 0 Å². The first-order valence-corrected chi connectivity index (χ1v) is 5.30. The molecule has 80 valence electrons. The van der Waals surface area contributed by atoms with Gasteiger partial charge in [-0.3, -0.25) is 0 Å². The second kappa shape index (κ2) is 5.97. The van der Waals surface area contributed by atoms with Crippen LogP contribution >= 0.6 is 0 Å². The number of anilines is 1. The summed E-state index contributed by atoms with van der Waals surface area (Å²) in [5, 5.41) is 16.5. The molecule has 0 amide bonds. The highest BCUT2D eigenvalue weighted by atomic mass is 15.3. The molecule has 0 saturated heterocycles. The van der Waals surface area contributed by atoms with Gasteiger partial charge in [0.15, 0.2) is 11.5 Å². The fourth-order valence-corrected chi connectivity index (χ4v) is 1.43. The van der Waals surface area contributed by atoms with Crippen molar-refractivity contribution in [2.75, 3.05) is 18.0 Å². The molecular weight excluding hydrogens is 188 g/mol. The van der Waals surface area contributed by atoms with Crippen molar-refractivity contribution in [1.29, 1.82) is 5.26 Å². The fourth-order valence-electron chi connectivity index (χ4n) is 1.43. The summed E-state index contributed by atoms with van der Waals surface area (Å²) in [4.78, 5) is 2.19. The van der Waals surface area contributed by atoms with E-state index in [1.807, 2.05) is 12.1 Å². The molecule has 15 heavy (non-hydrogen) atoms. The zero-order chi connectivity index (χ0) is 11.1. The molecule has 0 aromatic carbocycles. The van der Waals surface area contributed by atoms with Gasteiger partial charge in [-0.25, -0.2) is 0 Å². The monoisotopic (exact) mass is 204 g/mol. The van der Waals surface area contributed by atoms with Gasteiger partial charge in [0, 0.05) is 13.1 Å². The van der Waals surface area contributed by atoms with Gasteiger partial charge in [0.25, 0.3) is 0 Å². The van der Waals surface area contributed by atoms with Crippen LogP contribution in [-0.2, 0) is 0 Å². The zero-order valence-electron chi connectivity index (χ0n) is 9.27. The van der Waals surface area contributed by atoms with Gasteiger partial charge in [-0.05, 0) is 25.0 Å². The van der Waals surface area contributed by atoms with Crippen molar-refractivity contribution in [3.8, 4) is 6.07 Å². The Kier molecular flexibility index (Phi) is 4.55. The van der Waals surface area contributed by atoms with Crippen molar-refractivity contribution in [2.45, 2.75) is 26.7 Å². The van der Waals surface area contributed by atoms with Gasteiger partial charge < -0.3 is 4.90 Å². The summed E-state index contributed by atoms with van der Waals surface area (Å²) in [5.41, 5.74) is 0.367. The molecule has 0 fully saturated rings. The lowest BCUT2D eigenvalue weighted by molar-refractivity contribution is 0.725. The molecule has 4 heteroatoms. The third kappa shape index (κ3) is 3.21. The second-order valence-electron chi connectivity index (χ2n) is 3.38. The number of rotatable bonds is 5. The maximum Gasteiger partial charge on any atom is 0.163 e. The minimum absolute atomic E-state index is 0.367. The van der Waals surface area contributed by atoms with Crippen molar-refractivity contribution < 1.29 is 0 Å². The maximum atomic E-state index is 8.61. The normalized spacial score (nSPS) is 9.67. The maximum absolute atomic E-state index is 8.61. The van der Waals surface area contributed by atoms with E-state index in [-0.39, 0.29) is 0 Å². The Bertz CT molecular complexity index is 319. The van der Waals surface area contributed by atoms with E-state index in [1.54, 1.807) is 6.07 Å². The molecule has 0 saturated carbocycles. The summed E-state index contributed by atoms with van der Waals surface area (Å²) < 4.78 is 0. The van der Waals surface area contributed by atoms with Crippen LogP contribution in [0.25, 0.3) is 0 Å². The third-order valence-corrected chi connectivity index (χ3v) is 2.08. The Hall–Kier alpha value is -1.63. The molecule has 0 atom stereocenters. The number of nitrogens with zero attached hydrogens (tertiary/aromatic N) is 4. The summed E-state index contributed by atoms with van der Waals surface area (Å²) >= 11 is 0. The molecule has 1 rings (SSSR count). The molecule has 1 aromatic rings. The van der Waals surface area contributed by atoms with Crippen LogP contribution in [0, 0.1) is 11.3 Å². The topological polar surface area (TPSA) is 52.8 Å². The number of nitriles is 1. The lowest BCUT2D eigenvalue weighted by Crippen LogP contribution is -2.26. The Morgan fingerprint density at radius 1 is 1.20 bits per heavy atom. The summed E-state index contributed by atoms with van der Waals surface area (Å²) in [6.45, 7) is 6.24. The molecule has 0 aliphatic rings. The standard InChI is InChI=1S/C11H16N4/c1-3-7-15(8-4-2)11-6-5-10(9-12)13-14-11/h5-6H,3-4,7-8H2,1-2H3. The second-order valence-corrected chi connectivity index (χ2v) is 3.38. The largest absolute Gasteiger partial charge is 0.355 e. The van der Waals surface area contributed by atoms with Crippen molar-refractivity contribution >= 4 is 5.82 Å². The van der Waals surface area contributed by atoms with Crippen LogP contribution in [0.15, 0.2) is 12.1 Å². The summed E-state index contributed by atoms with van der Waals surface area (Å²) in [6.07, 6.45) is 2.17. The first-order valence-electron chi connectivity index (χ1n) is 5.30. The van der Waals surface area contributed by atoms with Gasteiger partial charge in [-0.2, -0.15) is 5.26 Å². The Labute approximate surface area is 90.5 Å². The third-order valence-electron chi connectivity index (χ3n) is 2.08. The lowest BCUT2D eigenvalue weighted by Gasteiger charge is -2.21.